The number of ether oxygens (including phenoxy) is 2. The topological polar surface area (TPSA) is 119 Å². The highest BCUT2D eigenvalue weighted by molar-refractivity contribution is 6.20. The Balaban J connectivity index is 1.59. The molecule has 1 atom stereocenters. The second kappa shape index (κ2) is 8.53. The van der Waals surface area contributed by atoms with Crippen LogP contribution in [0.1, 0.15) is 32.7 Å². The van der Waals surface area contributed by atoms with Gasteiger partial charge in [0, 0.05) is 11.1 Å². The second-order valence-electron chi connectivity index (χ2n) is 7.71. The van der Waals surface area contributed by atoms with Crippen LogP contribution in [0.5, 0.6) is 5.75 Å². The first-order chi connectivity index (χ1) is 16.9. The van der Waals surface area contributed by atoms with Crippen LogP contribution in [0.4, 0.5) is 5.69 Å². The molecule has 2 aromatic heterocycles. The first-order valence-corrected chi connectivity index (χ1v) is 10.5. The Labute approximate surface area is 198 Å². The van der Waals surface area contributed by atoms with Gasteiger partial charge in [0.25, 0.3) is 5.91 Å². The number of anilines is 1. The van der Waals surface area contributed by atoms with E-state index in [0.717, 1.165) is 0 Å². The van der Waals surface area contributed by atoms with Crippen molar-refractivity contribution in [3.63, 3.8) is 0 Å². The Morgan fingerprint density at radius 2 is 1.80 bits per heavy atom. The Hall–Kier alpha value is -4.79. The van der Waals surface area contributed by atoms with Gasteiger partial charge in [-0.05, 0) is 48.5 Å². The summed E-state index contributed by atoms with van der Waals surface area (Å²) in [6, 6.07) is 14.9. The highest BCUT2D eigenvalue weighted by Gasteiger charge is 2.46. The van der Waals surface area contributed by atoms with Crippen molar-refractivity contribution in [2.24, 2.45) is 0 Å². The molecule has 2 aromatic carbocycles. The number of ketones is 1. The molecule has 0 bridgehead atoms. The van der Waals surface area contributed by atoms with Crippen LogP contribution in [0.25, 0.3) is 11.0 Å². The molecule has 0 saturated carbocycles. The molecule has 176 valence electrons. The number of furan rings is 2. The summed E-state index contributed by atoms with van der Waals surface area (Å²) in [5.41, 5.74) is 0.791. The van der Waals surface area contributed by atoms with Crippen LogP contribution in [-0.4, -0.2) is 37.0 Å². The maximum Gasteiger partial charge on any atom is 0.337 e. The number of para-hydroxylation sites is 1. The quantitative estimate of drug-likeness (QED) is 0.319. The highest BCUT2D eigenvalue weighted by atomic mass is 16.5. The van der Waals surface area contributed by atoms with E-state index in [1.807, 2.05) is 0 Å². The number of methoxy groups -OCH3 is 2. The zero-order chi connectivity index (χ0) is 24.7. The molecule has 3 heterocycles. The van der Waals surface area contributed by atoms with Gasteiger partial charge in [0.1, 0.15) is 11.8 Å². The van der Waals surface area contributed by atoms with E-state index in [2.05, 4.69) is 0 Å². The van der Waals surface area contributed by atoms with Crippen LogP contribution in [0.3, 0.4) is 0 Å². The number of benzene rings is 2. The fourth-order valence-electron chi connectivity index (χ4n) is 4.14. The van der Waals surface area contributed by atoms with Crippen molar-refractivity contribution in [2.45, 2.75) is 6.04 Å². The molecular weight excluding hydrogens is 454 g/mol. The molecule has 4 aromatic rings. The summed E-state index contributed by atoms with van der Waals surface area (Å²) in [4.78, 5) is 39.8. The predicted octanol–water partition coefficient (Wildman–Crippen LogP) is 4.60. The molecule has 1 aliphatic rings. The van der Waals surface area contributed by atoms with E-state index in [9.17, 15) is 19.5 Å². The molecule has 1 aliphatic heterocycles. The Kier molecular flexibility index (Phi) is 5.37. The molecule has 0 spiro atoms. The van der Waals surface area contributed by atoms with E-state index in [-0.39, 0.29) is 22.7 Å². The van der Waals surface area contributed by atoms with E-state index in [1.54, 1.807) is 30.3 Å². The van der Waals surface area contributed by atoms with E-state index in [1.165, 1.54) is 55.7 Å². The number of nitrogens with zero attached hydrogens (tertiary/aromatic N) is 1. The number of amides is 1. The van der Waals surface area contributed by atoms with Gasteiger partial charge in [-0.3, -0.25) is 14.5 Å². The van der Waals surface area contributed by atoms with Crippen LogP contribution in [-0.2, 0) is 9.53 Å². The average Bonchev–Trinajstić information content (AvgIpc) is 3.62. The van der Waals surface area contributed by atoms with E-state index < -0.39 is 29.5 Å². The molecule has 9 nitrogen and oxygen atoms in total. The first-order valence-electron chi connectivity index (χ1n) is 10.5. The lowest BCUT2D eigenvalue weighted by molar-refractivity contribution is -0.117. The van der Waals surface area contributed by atoms with Gasteiger partial charge in [0.05, 0.1) is 31.6 Å². The lowest BCUT2D eigenvalue weighted by Gasteiger charge is -2.24. The number of aliphatic hydroxyl groups excluding tert-OH is 1. The van der Waals surface area contributed by atoms with E-state index in [0.29, 0.717) is 22.4 Å². The fourth-order valence-corrected chi connectivity index (χ4v) is 4.14. The third-order valence-electron chi connectivity index (χ3n) is 5.78. The number of esters is 1. The number of fused-ring (bicyclic) bond motifs is 1. The van der Waals surface area contributed by atoms with E-state index >= 15 is 0 Å². The van der Waals surface area contributed by atoms with Crippen molar-refractivity contribution >= 4 is 34.3 Å². The Morgan fingerprint density at radius 3 is 2.46 bits per heavy atom. The van der Waals surface area contributed by atoms with Gasteiger partial charge in [-0.15, -0.1) is 0 Å². The smallest absolute Gasteiger partial charge is 0.337 e. The fraction of sp³-hybridized carbons (Fsp3) is 0.115. The van der Waals surface area contributed by atoms with Gasteiger partial charge in [-0.25, -0.2) is 4.79 Å². The van der Waals surface area contributed by atoms with Crippen molar-refractivity contribution < 1.29 is 37.8 Å². The number of rotatable bonds is 6. The highest BCUT2D eigenvalue weighted by Crippen LogP contribution is 2.43. The minimum absolute atomic E-state index is 0.0710. The molecule has 0 aliphatic carbocycles. The normalized spacial score (nSPS) is 15.7. The zero-order valence-corrected chi connectivity index (χ0v) is 18.7. The summed E-state index contributed by atoms with van der Waals surface area (Å²) < 4.78 is 21.3. The average molecular weight is 473 g/mol. The Bertz CT molecular complexity index is 1480. The lowest BCUT2D eigenvalue weighted by Crippen LogP contribution is -2.30. The van der Waals surface area contributed by atoms with Crippen LogP contribution in [0.2, 0.25) is 0 Å². The molecule has 1 unspecified atom stereocenters. The molecule has 9 heteroatoms. The van der Waals surface area contributed by atoms with Gasteiger partial charge in [0.15, 0.2) is 22.9 Å². The second-order valence-corrected chi connectivity index (χ2v) is 7.71. The summed E-state index contributed by atoms with van der Waals surface area (Å²) >= 11 is 0. The molecule has 5 rings (SSSR count). The van der Waals surface area contributed by atoms with Crippen LogP contribution < -0.4 is 9.64 Å². The third-order valence-corrected chi connectivity index (χ3v) is 5.78. The zero-order valence-electron chi connectivity index (χ0n) is 18.7. The SMILES string of the molecule is COC(=O)c1ccc(N2C(=O)C(O)=C(C(=O)c3cc4cccc(OC)c4o3)C2c2ccco2)cc1. The molecule has 35 heavy (non-hydrogen) atoms. The minimum Gasteiger partial charge on any atom is -0.503 e. The number of carbonyl (C=O) groups is 3. The summed E-state index contributed by atoms with van der Waals surface area (Å²) in [5.74, 6) is -2.10. The summed E-state index contributed by atoms with van der Waals surface area (Å²) in [7, 11) is 2.75. The standard InChI is InChI=1S/C26H19NO8/c1-32-18-6-3-5-15-13-19(35-24(15)18)22(28)20-21(17-7-4-12-34-17)27(25(30)23(20)29)16-10-8-14(9-11-16)26(31)33-2/h3-13,21,29H,1-2H3. The minimum atomic E-state index is -1.07. The predicted molar refractivity (Wildman–Crippen MR) is 123 cm³/mol. The monoisotopic (exact) mass is 473 g/mol. The van der Waals surface area contributed by atoms with Crippen molar-refractivity contribution in [1.29, 1.82) is 0 Å². The van der Waals surface area contributed by atoms with E-state index in [4.69, 9.17) is 18.3 Å². The summed E-state index contributed by atoms with van der Waals surface area (Å²) in [6.45, 7) is 0. The number of hydrogen-bond acceptors (Lipinski definition) is 8. The van der Waals surface area contributed by atoms with Crippen LogP contribution in [0, 0.1) is 0 Å². The van der Waals surface area contributed by atoms with Crippen molar-refractivity contribution in [2.75, 3.05) is 19.1 Å². The van der Waals surface area contributed by atoms with Gasteiger partial charge >= 0.3 is 5.97 Å². The third kappa shape index (κ3) is 3.54. The maximum atomic E-state index is 13.6. The van der Waals surface area contributed by atoms with Crippen LogP contribution in [0.15, 0.2) is 87.1 Å². The molecule has 1 N–H and O–H groups in total. The lowest BCUT2D eigenvalue weighted by atomic mass is 9.99. The number of aliphatic hydroxyl groups is 1. The van der Waals surface area contributed by atoms with Crippen molar-refractivity contribution in [3.05, 3.63) is 95.3 Å². The summed E-state index contributed by atoms with van der Waals surface area (Å²) in [5, 5.41) is 11.5. The maximum absolute atomic E-state index is 13.6. The number of Topliss-reactive ketones (excluding diaryl/α,β-unsaturated/α-hetero) is 1. The number of hydrogen-bond donors (Lipinski definition) is 1. The largest absolute Gasteiger partial charge is 0.503 e. The molecule has 0 fully saturated rings. The van der Waals surface area contributed by atoms with Gasteiger partial charge < -0.3 is 23.4 Å². The van der Waals surface area contributed by atoms with Gasteiger partial charge in [-0.1, -0.05) is 12.1 Å². The van der Waals surface area contributed by atoms with Crippen molar-refractivity contribution in [3.8, 4) is 5.75 Å². The van der Waals surface area contributed by atoms with Gasteiger partial charge in [0.2, 0.25) is 5.78 Å². The molecular formula is C26H19NO8. The van der Waals surface area contributed by atoms with Crippen molar-refractivity contribution in [1.82, 2.24) is 0 Å². The molecule has 0 radical (unpaired) electrons. The molecule has 0 saturated heterocycles. The number of carbonyl (C=O) groups excluding carboxylic acids is 3. The first kappa shape index (κ1) is 22.0. The Morgan fingerprint density at radius 1 is 1.03 bits per heavy atom. The molecule has 1 amide bonds. The van der Waals surface area contributed by atoms with Crippen LogP contribution >= 0.6 is 0 Å². The summed E-state index contributed by atoms with van der Waals surface area (Å²) in [6.07, 6.45) is 1.40. The van der Waals surface area contributed by atoms with Gasteiger partial charge in [-0.2, -0.15) is 0 Å².